The van der Waals surface area contributed by atoms with Crippen molar-refractivity contribution in [1.82, 2.24) is 0 Å². The molecule has 0 aliphatic carbocycles. The fourth-order valence-corrected chi connectivity index (χ4v) is 2.17. The molecule has 108 valence electrons. The van der Waals surface area contributed by atoms with E-state index in [1.54, 1.807) is 18.2 Å². The summed E-state index contributed by atoms with van der Waals surface area (Å²) in [6.45, 7) is 0. The summed E-state index contributed by atoms with van der Waals surface area (Å²) in [4.78, 5) is 22.4. The first-order valence-electron chi connectivity index (χ1n) is 5.81. The third kappa shape index (κ3) is 3.69. The zero-order valence-corrected chi connectivity index (χ0v) is 13.1. The molecule has 21 heavy (non-hydrogen) atoms. The van der Waals surface area contributed by atoms with Gasteiger partial charge in [-0.1, -0.05) is 6.07 Å². The van der Waals surface area contributed by atoms with Crippen LogP contribution in [-0.2, 0) is 0 Å². The Kier molecular flexibility index (Phi) is 4.73. The molecule has 0 aromatic heterocycles. The van der Waals surface area contributed by atoms with Crippen LogP contribution in [0.25, 0.3) is 0 Å². The highest BCUT2D eigenvalue weighted by atomic mass is 127. The number of esters is 1. The van der Waals surface area contributed by atoms with Crippen molar-refractivity contribution in [3.05, 3.63) is 61.7 Å². The molecule has 2 rings (SSSR count). The Morgan fingerprint density at radius 3 is 2.62 bits per heavy atom. The first-order chi connectivity index (χ1) is 10.0. The zero-order chi connectivity index (χ0) is 15.4. The molecule has 0 atom stereocenters. The average molecular weight is 399 g/mol. The van der Waals surface area contributed by atoms with Gasteiger partial charge in [0, 0.05) is 3.57 Å². The Hall–Kier alpha value is -2.16. The van der Waals surface area contributed by atoms with Crippen molar-refractivity contribution >= 4 is 34.2 Å². The second-order valence-electron chi connectivity index (χ2n) is 3.99. The minimum atomic E-state index is -0.651. The lowest BCUT2D eigenvalue weighted by Crippen LogP contribution is -2.10. The van der Waals surface area contributed by atoms with Crippen molar-refractivity contribution in [1.29, 1.82) is 0 Å². The molecule has 2 aromatic rings. The Balaban J connectivity index is 2.31. The molecule has 0 heterocycles. The molecular weight excluding hydrogens is 389 g/mol. The molecule has 0 bridgehead atoms. The van der Waals surface area contributed by atoms with E-state index < -0.39 is 10.9 Å². The molecule has 0 aliphatic rings. The van der Waals surface area contributed by atoms with Crippen LogP contribution >= 0.6 is 22.6 Å². The quantitative estimate of drug-likeness (QED) is 0.259. The number of benzene rings is 2. The minimum absolute atomic E-state index is 0.121. The van der Waals surface area contributed by atoms with Crippen LogP contribution < -0.4 is 9.47 Å². The van der Waals surface area contributed by atoms with Crippen LogP contribution in [0, 0.1) is 13.7 Å². The molecule has 7 heteroatoms. The summed E-state index contributed by atoms with van der Waals surface area (Å²) in [6.07, 6.45) is 0. The highest BCUT2D eigenvalue weighted by Gasteiger charge is 2.20. The number of methoxy groups -OCH3 is 1. The molecule has 0 saturated heterocycles. The summed E-state index contributed by atoms with van der Waals surface area (Å²) in [5, 5.41) is 11.0. The third-order valence-electron chi connectivity index (χ3n) is 2.63. The van der Waals surface area contributed by atoms with Crippen LogP contribution in [-0.4, -0.2) is 18.0 Å². The van der Waals surface area contributed by atoms with Crippen molar-refractivity contribution in [2.45, 2.75) is 0 Å². The minimum Gasteiger partial charge on any atom is -0.496 e. The first kappa shape index (κ1) is 15.2. The predicted molar refractivity (Wildman–Crippen MR) is 83.8 cm³/mol. The number of hydrogen-bond donors (Lipinski definition) is 0. The average Bonchev–Trinajstić information content (AvgIpc) is 2.47. The third-order valence-corrected chi connectivity index (χ3v) is 3.30. The Morgan fingerprint density at radius 2 is 2.00 bits per heavy atom. The normalized spacial score (nSPS) is 10.0. The number of carbonyl (C=O) groups is 1. The maximum absolute atomic E-state index is 12.0. The number of hydrogen-bond acceptors (Lipinski definition) is 5. The maximum Gasteiger partial charge on any atom is 0.343 e. The fraction of sp³-hybridized carbons (Fsp3) is 0.0714. The zero-order valence-electron chi connectivity index (χ0n) is 10.9. The van der Waals surface area contributed by atoms with Crippen molar-refractivity contribution in [2.75, 3.05) is 7.11 Å². The van der Waals surface area contributed by atoms with E-state index in [-0.39, 0.29) is 11.4 Å². The molecular formula is C14H10INO5. The van der Waals surface area contributed by atoms with Crippen LogP contribution in [0.3, 0.4) is 0 Å². The van der Waals surface area contributed by atoms with E-state index in [0.717, 1.165) is 3.57 Å². The van der Waals surface area contributed by atoms with Gasteiger partial charge in [0.15, 0.2) is 0 Å². The SMILES string of the molecule is COc1ccc(OC(=O)c2cccc(I)c2)c([N+](=O)[O-])c1. The van der Waals surface area contributed by atoms with Gasteiger partial charge in [0.2, 0.25) is 5.75 Å². The van der Waals surface area contributed by atoms with Gasteiger partial charge in [-0.3, -0.25) is 10.1 Å². The van der Waals surface area contributed by atoms with Crippen molar-refractivity contribution in [3.8, 4) is 11.5 Å². The highest BCUT2D eigenvalue weighted by Crippen LogP contribution is 2.31. The van der Waals surface area contributed by atoms with E-state index in [2.05, 4.69) is 22.6 Å². The smallest absolute Gasteiger partial charge is 0.343 e. The van der Waals surface area contributed by atoms with Gasteiger partial charge in [0.05, 0.1) is 23.7 Å². The van der Waals surface area contributed by atoms with E-state index in [0.29, 0.717) is 11.3 Å². The van der Waals surface area contributed by atoms with Crippen LogP contribution in [0.5, 0.6) is 11.5 Å². The molecule has 0 spiro atoms. The number of ether oxygens (including phenoxy) is 2. The molecule has 2 aromatic carbocycles. The van der Waals surface area contributed by atoms with Gasteiger partial charge in [-0.05, 0) is 52.9 Å². The lowest BCUT2D eigenvalue weighted by molar-refractivity contribution is -0.385. The van der Waals surface area contributed by atoms with Gasteiger partial charge >= 0.3 is 11.7 Å². The molecule has 0 unspecified atom stereocenters. The second kappa shape index (κ2) is 6.53. The van der Waals surface area contributed by atoms with Gasteiger partial charge in [-0.15, -0.1) is 0 Å². The number of nitrogens with zero attached hydrogens (tertiary/aromatic N) is 1. The summed E-state index contributed by atoms with van der Waals surface area (Å²) in [6, 6.07) is 10.8. The van der Waals surface area contributed by atoms with E-state index in [9.17, 15) is 14.9 Å². The summed E-state index contributed by atoms with van der Waals surface area (Å²) >= 11 is 2.06. The summed E-state index contributed by atoms with van der Waals surface area (Å²) < 4.78 is 10.9. The van der Waals surface area contributed by atoms with Crippen LogP contribution in [0.4, 0.5) is 5.69 Å². The first-order valence-corrected chi connectivity index (χ1v) is 6.89. The number of nitro benzene ring substituents is 1. The van der Waals surface area contributed by atoms with Crippen molar-refractivity contribution in [2.24, 2.45) is 0 Å². The maximum atomic E-state index is 12.0. The van der Waals surface area contributed by atoms with Crippen LogP contribution in [0.1, 0.15) is 10.4 Å². The molecule has 0 radical (unpaired) electrons. The molecule has 0 amide bonds. The van der Waals surface area contributed by atoms with Gasteiger partial charge in [0.1, 0.15) is 5.75 Å². The standard InChI is InChI=1S/C14H10INO5/c1-20-11-5-6-13(12(8-11)16(18)19)21-14(17)9-3-2-4-10(15)7-9/h2-8H,1H3. The second-order valence-corrected chi connectivity index (χ2v) is 5.24. The van der Waals surface area contributed by atoms with Gasteiger partial charge < -0.3 is 9.47 Å². The van der Waals surface area contributed by atoms with Crippen molar-refractivity contribution in [3.63, 3.8) is 0 Å². The van der Waals surface area contributed by atoms with E-state index in [1.165, 1.54) is 25.3 Å². The molecule has 0 aliphatic heterocycles. The number of rotatable bonds is 4. The Morgan fingerprint density at radius 1 is 1.24 bits per heavy atom. The number of halogens is 1. The van der Waals surface area contributed by atoms with Crippen LogP contribution in [0.2, 0.25) is 0 Å². The monoisotopic (exact) mass is 399 g/mol. The van der Waals surface area contributed by atoms with Gasteiger partial charge in [-0.25, -0.2) is 4.79 Å². The lowest BCUT2D eigenvalue weighted by atomic mass is 10.2. The predicted octanol–water partition coefficient (Wildman–Crippen LogP) is 3.43. The van der Waals surface area contributed by atoms with Gasteiger partial charge in [-0.2, -0.15) is 0 Å². The molecule has 6 nitrogen and oxygen atoms in total. The van der Waals surface area contributed by atoms with Crippen LogP contribution in [0.15, 0.2) is 42.5 Å². The van der Waals surface area contributed by atoms with E-state index in [1.807, 2.05) is 6.07 Å². The number of carbonyl (C=O) groups excluding carboxylic acids is 1. The Bertz CT molecular complexity index is 702. The van der Waals surface area contributed by atoms with E-state index >= 15 is 0 Å². The summed E-state index contributed by atoms with van der Waals surface area (Å²) in [5.41, 5.74) is 0.000319. The largest absolute Gasteiger partial charge is 0.496 e. The Labute approximate surface area is 134 Å². The molecule has 0 fully saturated rings. The number of nitro groups is 1. The summed E-state index contributed by atoms with van der Waals surface area (Å²) in [5.74, 6) is -0.456. The highest BCUT2D eigenvalue weighted by molar-refractivity contribution is 14.1. The fourth-order valence-electron chi connectivity index (χ4n) is 1.63. The summed E-state index contributed by atoms with van der Waals surface area (Å²) in [7, 11) is 1.40. The lowest BCUT2D eigenvalue weighted by Gasteiger charge is -2.07. The molecule has 0 saturated carbocycles. The molecule has 0 N–H and O–H groups in total. The topological polar surface area (TPSA) is 78.7 Å². The van der Waals surface area contributed by atoms with E-state index in [4.69, 9.17) is 9.47 Å². The van der Waals surface area contributed by atoms with Gasteiger partial charge in [0.25, 0.3) is 0 Å². The van der Waals surface area contributed by atoms with Crippen molar-refractivity contribution < 1.29 is 19.2 Å².